The maximum atomic E-state index is 12.1. The third kappa shape index (κ3) is 4.53. The third-order valence-corrected chi connectivity index (χ3v) is 5.73. The van der Waals surface area contributed by atoms with Gasteiger partial charge in [0.15, 0.2) is 0 Å². The van der Waals surface area contributed by atoms with E-state index in [4.69, 9.17) is 0 Å². The molecule has 5 heteroatoms. The molecule has 0 spiro atoms. The minimum Gasteiger partial charge on any atom is -0.390 e. The van der Waals surface area contributed by atoms with E-state index in [2.05, 4.69) is 39.8 Å². The van der Waals surface area contributed by atoms with Gasteiger partial charge in [-0.2, -0.15) is 0 Å². The van der Waals surface area contributed by atoms with E-state index < -0.39 is 6.10 Å². The zero-order valence-electron chi connectivity index (χ0n) is 14.8. The molecule has 1 atom stereocenters. The van der Waals surface area contributed by atoms with E-state index in [0.29, 0.717) is 31.0 Å². The third-order valence-electron chi connectivity index (χ3n) is 5.73. The predicted molar refractivity (Wildman–Crippen MR) is 97.2 cm³/mol. The molecular formula is C20H29N3O2. The molecule has 3 N–H and O–H groups in total. The van der Waals surface area contributed by atoms with Crippen LogP contribution in [-0.2, 0) is 13.0 Å². The molecule has 0 radical (unpaired) electrons. The Morgan fingerprint density at radius 1 is 1.16 bits per heavy atom. The molecule has 136 valence electrons. The highest BCUT2D eigenvalue weighted by Crippen LogP contribution is 2.44. The van der Waals surface area contributed by atoms with Crippen LogP contribution >= 0.6 is 0 Å². The van der Waals surface area contributed by atoms with Crippen LogP contribution in [-0.4, -0.2) is 47.8 Å². The van der Waals surface area contributed by atoms with Crippen molar-refractivity contribution >= 4 is 6.03 Å². The number of urea groups is 1. The molecule has 5 nitrogen and oxygen atoms in total. The van der Waals surface area contributed by atoms with Crippen LogP contribution < -0.4 is 10.6 Å². The summed E-state index contributed by atoms with van der Waals surface area (Å²) in [6.45, 7) is 2.76. The van der Waals surface area contributed by atoms with E-state index in [1.807, 2.05) is 0 Å². The molecular weight excluding hydrogens is 314 g/mol. The molecule has 0 aromatic heterocycles. The second-order valence-electron chi connectivity index (χ2n) is 7.96. The maximum absolute atomic E-state index is 12.1. The van der Waals surface area contributed by atoms with Crippen molar-refractivity contribution in [3.05, 3.63) is 35.4 Å². The van der Waals surface area contributed by atoms with E-state index in [1.54, 1.807) is 0 Å². The van der Waals surface area contributed by atoms with Gasteiger partial charge in [-0.05, 0) is 55.1 Å². The standard InChI is InChI=1S/C20H29N3O2/c24-18(13-23-10-9-14-3-1-2-4-17(14)12-23)11-21-20(25)22-19(15-5-6-15)16-7-8-16/h1-4,15-16,18-19,24H,5-13H2,(H2,21,22,25). The number of carbonyl (C=O) groups excluding carboxylic acids is 1. The van der Waals surface area contributed by atoms with Crippen LogP contribution in [0.3, 0.4) is 0 Å². The van der Waals surface area contributed by atoms with Crippen molar-refractivity contribution in [2.24, 2.45) is 11.8 Å². The van der Waals surface area contributed by atoms with Gasteiger partial charge in [-0.3, -0.25) is 4.90 Å². The number of aliphatic hydroxyl groups is 1. The van der Waals surface area contributed by atoms with E-state index in [9.17, 15) is 9.90 Å². The zero-order valence-corrected chi connectivity index (χ0v) is 14.8. The van der Waals surface area contributed by atoms with Gasteiger partial charge in [0.2, 0.25) is 0 Å². The van der Waals surface area contributed by atoms with Gasteiger partial charge in [-0.1, -0.05) is 24.3 Å². The van der Waals surface area contributed by atoms with E-state index in [1.165, 1.54) is 36.8 Å². The molecule has 2 amide bonds. The first-order chi connectivity index (χ1) is 12.2. The topological polar surface area (TPSA) is 64.6 Å². The molecule has 25 heavy (non-hydrogen) atoms. The van der Waals surface area contributed by atoms with Crippen molar-refractivity contribution < 1.29 is 9.90 Å². The highest BCUT2D eigenvalue weighted by Gasteiger charge is 2.42. The fourth-order valence-electron chi connectivity index (χ4n) is 4.02. The van der Waals surface area contributed by atoms with Gasteiger partial charge in [-0.15, -0.1) is 0 Å². The number of hydrogen-bond acceptors (Lipinski definition) is 3. The lowest BCUT2D eigenvalue weighted by Gasteiger charge is -2.30. The molecule has 4 rings (SSSR count). The fourth-order valence-corrected chi connectivity index (χ4v) is 4.02. The number of fused-ring (bicyclic) bond motifs is 1. The van der Waals surface area contributed by atoms with Crippen LogP contribution in [0.5, 0.6) is 0 Å². The summed E-state index contributed by atoms with van der Waals surface area (Å²) in [6, 6.07) is 8.74. The Balaban J connectivity index is 1.19. The summed E-state index contributed by atoms with van der Waals surface area (Å²) < 4.78 is 0. The van der Waals surface area contributed by atoms with Crippen LogP contribution in [0.1, 0.15) is 36.8 Å². The van der Waals surface area contributed by atoms with Crippen molar-refractivity contribution in [3.8, 4) is 0 Å². The molecule has 2 aliphatic carbocycles. The summed E-state index contributed by atoms with van der Waals surface area (Å²) in [5.74, 6) is 1.38. The molecule has 1 aromatic rings. The lowest BCUT2D eigenvalue weighted by atomic mass is 10.00. The summed E-state index contributed by atoms with van der Waals surface area (Å²) in [6.07, 6.45) is 5.50. The second-order valence-corrected chi connectivity index (χ2v) is 7.96. The lowest BCUT2D eigenvalue weighted by molar-refractivity contribution is 0.105. The number of rotatable bonds is 7. The summed E-state index contributed by atoms with van der Waals surface area (Å²) in [5, 5.41) is 16.3. The summed E-state index contributed by atoms with van der Waals surface area (Å²) in [5.41, 5.74) is 2.76. The van der Waals surface area contributed by atoms with Crippen molar-refractivity contribution in [2.75, 3.05) is 19.6 Å². The van der Waals surface area contributed by atoms with E-state index in [-0.39, 0.29) is 6.03 Å². The smallest absolute Gasteiger partial charge is 0.315 e. The van der Waals surface area contributed by atoms with Crippen molar-refractivity contribution in [1.82, 2.24) is 15.5 Å². The number of amides is 2. The zero-order chi connectivity index (χ0) is 17.2. The lowest BCUT2D eigenvalue weighted by Crippen LogP contribution is -2.48. The highest BCUT2D eigenvalue weighted by molar-refractivity contribution is 5.74. The van der Waals surface area contributed by atoms with E-state index in [0.717, 1.165) is 19.5 Å². The number of β-amino-alcohol motifs (C(OH)–C–C–N with tert-alkyl or cyclic N) is 1. The van der Waals surface area contributed by atoms with Gasteiger partial charge < -0.3 is 15.7 Å². The molecule has 3 aliphatic rings. The van der Waals surface area contributed by atoms with Crippen LogP contribution in [0.15, 0.2) is 24.3 Å². The van der Waals surface area contributed by atoms with Gasteiger partial charge in [-0.25, -0.2) is 4.79 Å². The number of nitrogens with zero attached hydrogens (tertiary/aromatic N) is 1. The van der Waals surface area contributed by atoms with Gasteiger partial charge in [0.05, 0.1) is 6.10 Å². The van der Waals surface area contributed by atoms with Gasteiger partial charge in [0.25, 0.3) is 0 Å². The second kappa shape index (κ2) is 7.34. The fraction of sp³-hybridized carbons (Fsp3) is 0.650. The monoisotopic (exact) mass is 343 g/mol. The number of nitrogens with one attached hydrogen (secondary N) is 2. The van der Waals surface area contributed by atoms with Gasteiger partial charge in [0.1, 0.15) is 0 Å². The largest absolute Gasteiger partial charge is 0.390 e. The van der Waals surface area contributed by atoms with Crippen LogP contribution in [0.2, 0.25) is 0 Å². The minimum atomic E-state index is -0.531. The number of aliphatic hydroxyl groups excluding tert-OH is 1. The average molecular weight is 343 g/mol. The Morgan fingerprint density at radius 2 is 1.84 bits per heavy atom. The number of hydrogen-bond donors (Lipinski definition) is 3. The van der Waals surface area contributed by atoms with Crippen LogP contribution in [0.25, 0.3) is 0 Å². The maximum Gasteiger partial charge on any atom is 0.315 e. The Hall–Kier alpha value is -1.59. The molecule has 1 unspecified atom stereocenters. The normalized spacial score (nSPS) is 21.7. The Bertz CT molecular complexity index is 601. The van der Waals surface area contributed by atoms with Crippen molar-refractivity contribution in [1.29, 1.82) is 0 Å². The quantitative estimate of drug-likeness (QED) is 0.708. The van der Waals surface area contributed by atoms with Crippen LogP contribution in [0.4, 0.5) is 4.79 Å². The number of carbonyl (C=O) groups is 1. The predicted octanol–water partition coefficient (Wildman–Crippen LogP) is 1.89. The minimum absolute atomic E-state index is 0.119. The summed E-state index contributed by atoms with van der Waals surface area (Å²) >= 11 is 0. The Kier molecular flexibility index (Phi) is 4.95. The average Bonchev–Trinajstić information content (AvgIpc) is 3.51. The van der Waals surface area contributed by atoms with Crippen molar-refractivity contribution in [3.63, 3.8) is 0 Å². The molecule has 1 aliphatic heterocycles. The molecule has 0 saturated heterocycles. The molecule has 0 bridgehead atoms. The molecule has 2 saturated carbocycles. The molecule has 1 aromatic carbocycles. The molecule has 2 fully saturated rings. The summed E-state index contributed by atoms with van der Waals surface area (Å²) in [4.78, 5) is 14.4. The van der Waals surface area contributed by atoms with E-state index >= 15 is 0 Å². The Morgan fingerprint density at radius 3 is 2.52 bits per heavy atom. The summed E-state index contributed by atoms with van der Waals surface area (Å²) in [7, 11) is 0. The molecule has 1 heterocycles. The van der Waals surface area contributed by atoms with Gasteiger partial charge in [0, 0.05) is 32.2 Å². The first-order valence-corrected chi connectivity index (χ1v) is 9.70. The first-order valence-electron chi connectivity index (χ1n) is 9.70. The SMILES string of the molecule is O=C(NCC(O)CN1CCc2ccccc2C1)NC(C1CC1)C1CC1. The van der Waals surface area contributed by atoms with Crippen molar-refractivity contribution in [2.45, 2.75) is 50.8 Å². The van der Waals surface area contributed by atoms with Crippen LogP contribution in [0, 0.1) is 11.8 Å². The Labute approximate surface area is 149 Å². The highest BCUT2D eigenvalue weighted by atomic mass is 16.3. The van der Waals surface area contributed by atoms with Gasteiger partial charge >= 0.3 is 6.03 Å². The number of benzene rings is 1. The first kappa shape index (κ1) is 16.9.